The second-order valence-corrected chi connectivity index (χ2v) is 7.52. The average Bonchev–Trinajstić information content (AvgIpc) is 3.14. The topological polar surface area (TPSA) is 46.9 Å². The third-order valence-electron chi connectivity index (χ3n) is 5.22. The fourth-order valence-corrected chi connectivity index (χ4v) is 4.12. The molecular weight excluding hydrogens is 382 g/mol. The first-order chi connectivity index (χ1) is 14.2. The van der Waals surface area contributed by atoms with Crippen molar-refractivity contribution in [3.8, 4) is 16.9 Å². The molecule has 1 atom stereocenters. The number of hydrogen-bond acceptors (Lipinski definition) is 2. The van der Waals surface area contributed by atoms with Gasteiger partial charge in [0.05, 0.1) is 11.4 Å². The molecule has 4 nitrogen and oxygen atoms in total. The molecule has 5 heteroatoms. The normalized spacial score (nSPS) is 15.6. The second kappa shape index (κ2) is 7.22. The zero-order valence-electron chi connectivity index (χ0n) is 15.5. The number of benzene rings is 3. The van der Waals surface area contributed by atoms with Crippen LogP contribution in [-0.2, 0) is 4.79 Å². The van der Waals surface area contributed by atoms with E-state index in [0.29, 0.717) is 11.4 Å². The van der Waals surface area contributed by atoms with Crippen LogP contribution in [0.4, 0.5) is 5.82 Å². The minimum Gasteiger partial charge on any atom is -0.310 e. The molecule has 1 N–H and O–H groups in total. The van der Waals surface area contributed by atoms with Crippen molar-refractivity contribution < 1.29 is 4.79 Å². The van der Waals surface area contributed by atoms with Gasteiger partial charge in [-0.3, -0.25) is 4.79 Å². The smallest absolute Gasteiger partial charge is 0.226 e. The molecule has 0 saturated carbocycles. The van der Waals surface area contributed by atoms with Gasteiger partial charge in [-0.15, -0.1) is 0 Å². The van der Waals surface area contributed by atoms with Crippen LogP contribution in [0.1, 0.15) is 23.5 Å². The average molecular weight is 400 g/mol. The summed E-state index contributed by atoms with van der Waals surface area (Å²) in [5.41, 5.74) is 4.81. The maximum atomic E-state index is 12.6. The largest absolute Gasteiger partial charge is 0.310 e. The molecule has 0 aliphatic carbocycles. The number of nitrogens with zero attached hydrogens (tertiary/aromatic N) is 2. The van der Waals surface area contributed by atoms with Crippen molar-refractivity contribution in [2.24, 2.45) is 0 Å². The molecule has 0 spiro atoms. The minimum atomic E-state index is -0.120. The Morgan fingerprint density at radius 1 is 0.931 bits per heavy atom. The Bertz CT molecular complexity index is 1190. The molecule has 1 aliphatic heterocycles. The molecular formula is C24H18ClN3O. The van der Waals surface area contributed by atoms with Crippen LogP contribution in [0.3, 0.4) is 0 Å². The van der Waals surface area contributed by atoms with E-state index >= 15 is 0 Å². The number of nitrogens with one attached hydrogen (secondary N) is 1. The van der Waals surface area contributed by atoms with Crippen LogP contribution in [0.5, 0.6) is 0 Å². The van der Waals surface area contributed by atoms with Gasteiger partial charge in [0.15, 0.2) is 0 Å². The summed E-state index contributed by atoms with van der Waals surface area (Å²) in [7, 11) is 0. The summed E-state index contributed by atoms with van der Waals surface area (Å²) < 4.78 is 1.83. The monoisotopic (exact) mass is 399 g/mol. The highest BCUT2D eigenvalue weighted by molar-refractivity contribution is 6.30. The van der Waals surface area contributed by atoms with Gasteiger partial charge in [-0.05, 0) is 29.8 Å². The third-order valence-corrected chi connectivity index (χ3v) is 5.45. The van der Waals surface area contributed by atoms with E-state index in [1.54, 1.807) is 0 Å². The van der Waals surface area contributed by atoms with E-state index in [4.69, 9.17) is 16.7 Å². The summed E-state index contributed by atoms with van der Waals surface area (Å²) in [5.74, 6) is 0.570. The Morgan fingerprint density at radius 3 is 2.38 bits per heavy atom. The van der Waals surface area contributed by atoms with Gasteiger partial charge < -0.3 is 5.32 Å². The number of fused-ring (bicyclic) bond motifs is 1. The Labute approximate surface area is 173 Å². The van der Waals surface area contributed by atoms with E-state index in [-0.39, 0.29) is 11.8 Å². The van der Waals surface area contributed by atoms with E-state index in [0.717, 1.165) is 33.9 Å². The minimum absolute atomic E-state index is 0.0285. The summed E-state index contributed by atoms with van der Waals surface area (Å²) in [5, 5.41) is 8.65. The van der Waals surface area contributed by atoms with Crippen molar-refractivity contribution >= 4 is 23.3 Å². The van der Waals surface area contributed by atoms with Gasteiger partial charge in [0.1, 0.15) is 5.82 Å². The van der Waals surface area contributed by atoms with Crippen molar-refractivity contribution in [3.63, 3.8) is 0 Å². The number of rotatable bonds is 3. The van der Waals surface area contributed by atoms with Gasteiger partial charge >= 0.3 is 0 Å². The molecule has 0 bridgehead atoms. The Morgan fingerprint density at radius 2 is 1.66 bits per heavy atom. The van der Waals surface area contributed by atoms with Crippen molar-refractivity contribution in [3.05, 3.63) is 101 Å². The van der Waals surface area contributed by atoms with Gasteiger partial charge in [0.25, 0.3) is 0 Å². The van der Waals surface area contributed by atoms with Crippen LogP contribution in [-0.4, -0.2) is 15.7 Å². The molecule has 29 heavy (non-hydrogen) atoms. The number of anilines is 1. The highest BCUT2D eigenvalue weighted by Crippen LogP contribution is 2.44. The first kappa shape index (κ1) is 17.7. The summed E-state index contributed by atoms with van der Waals surface area (Å²) in [6.45, 7) is 0. The molecule has 0 saturated heterocycles. The number of carbonyl (C=O) groups excluding carboxylic acids is 1. The Hall–Kier alpha value is -3.37. The molecule has 1 amide bonds. The predicted octanol–water partition coefficient (Wildman–Crippen LogP) is 5.67. The van der Waals surface area contributed by atoms with Crippen LogP contribution in [0, 0.1) is 0 Å². The highest BCUT2D eigenvalue weighted by atomic mass is 35.5. The molecule has 3 aromatic carbocycles. The number of hydrogen-bond donors (Lipinski definition) is 1. The van der Waals surface area contributed by atoms with E-state index in [2.05, 4.69) is 5.32 Å². The zero-order valence-corrected chi connectivity index (χ0v) is 16.3. The summed E-state index contributed by atoms with van der Waals surface area (Å²) in [6.07, 6.45) is 0.355. The Balaban J connectivity index is 1.78. The number of amides is 1. The first-order valence-corrected chi connectivity index (χ1v) is 9.87. The molecule has 2 heterocycles. The van der Waals surface area contributed by atoms with Crippen LogP contribution in [0.25, 0.3) is 16.9 Å². The molecule has 142 valence electrons. The molecule has 4 aromatic rings. The lowest BCUT2D eigenvalue weighted by atomic mass is 9.84. The Kier molecular flexibility index (Phi) is 4.41. The fraction of sp³-hybridized carbons (Fsp3) is 0.0833. The van der Waals surface area contributed by atoms with E-state index in [1.165, 1.54) is 0 Å². The van der Waals surface area contributed by atoms with Gasteiger partial charge in [0, 0.05) is 28.5 Å². The number of carbonyl (C=O) groups is 1. The zero-order chi connectivity index (χ0) is 19.8. The highest BCUT2D eigenvalue weighted by Gasteiger charge is 2.34. The van der Waals surface area contributed by atoms with Crippen molar-refractivity contribution in [1.29, 1.82) is 0 Å². The lowest BCUT2D eigenvalue weighted by molar-refractivity contribution is -0.116. The molecule has 1 aromatic heterocycles. The summed E-state index contributed by atoms with van der Waals surface area (Å²) in [6, 6.07) is 27.7. The summed E-state index contributed by atoms with van der Waals surface area (Å²) in [4.78, 5) is 12.6. The van der Waals surface area contributed by atoms with Gasteiger partial charge in [-0.25, -0.2) is 4.68 Å². The van der Waals surface area contributed by atoms with Crippen molar-refractivity contribution in [2.75, 3.05) is 5.32 Å². The predicted molar refractivity (Wildman–Crippen MR) is 116 cm³/mol. The van der Waals surface area contributed by atoms with E-state index in [9.17, 15) is 4.79 Å². The molecule has 1 aliphatic rings. The first-order valence-electron chi connectivity index (χ1n) is 9.50. The standard InChI is InChI=1S/C24H18ClN3O/c25-18-11-7-10-17(14-18)20-15-21(29)26-24-22(20)23(16-8-3-1-4-9-16)27-28(24)19-12-5-2-6-13-19/h1-14,20H,15H2,(H,26,29)/t20-/m0/s1. The van der Waals surface area contributed by atoms with Crippen LogP contribution in [0.15, 0.2) is 84.9 Å². The lowest BCUT2D eigenvalue weighted by Crippen LogP contribution is -2.24. The van der Waals surface area contributed by atoms with Gasteiger partial charge in [-0.2, -0.15) is 5.10 Å². The molecule has 0 fully saturated rings. The molecule has 0 radical (unpaired) electrons. The van der Waals surface area contributed by atoms with Gasteiger partial charge in [-0.1, -0.05) is 72.3 Å². The van der Waals surface area contributed by atoms with E-state index in [1.807, 2.05) is 89.6 Å². The number of aromatic nitrogens is 2. The maximum Gasteiger partial charge on any atom is 0.226 e. The second-order valence-electron chi connectivity index (χ2n) is 7.08. The summed E-state index contributed by atoms with van der Waals surface area (Å²) >= 11 is 6.26. The third kappa shape index (κ3) is 3.22. The molecule has 0 unspecified atom stereocenters. The van der Waals surface area contributed by atoms with Crippen molar-refractivity contribution in [2.45, 2.75) is 12.3 Å². The van der Waals surface area contributed by atoms with Crippen LogP contribution >= 0.6 is 11.6 Å². The SMILES string of the molecule is O=C1C[C@@H](c2cccc(Cl)c2)c2c(-c3ccccc3)nn(-c3ccccc3)c2N1. The number of halogens is 1. The van der Waals surface area contributed by atoms with E-state index < -0.39 is 0 Å². The quantitative estimate of drug-likeness (QED) is 0.482. The maximum absolute atomic E-state index is 12.6. The van der Waals surface area contributed by atoms with Crippen molar-refractivity contribution in [1.82, 2.24) is 9.78 Å². The lowest BCUT2D eigenvalue weighted by Gasteiger charge is -2.25. The van der Waals surface area contributed by atoms with Gasteiger partial charge in [0.2, 0.25) is 5.91 Å². The van der Waals surface area contributed by atoms with Crippen LogP contribution in [0.2, 0.25) is 5.02 Å². The molecule has 5 rings (SSSR count). The number of para-hydroxylation sites is 1. The fourth-order valence-electron chi connectivity index (χ4n) is 3.92. The van der Waals surface area contributed by atoms with Crippen LogP contribution < -0.4 is 5.32 Å².